The Morgan fingerprint density at radius 1 is 1.10 bits per heavy atom. The van der Waals surface area contributed by atoms with E-state index in [-0.39, 0.29) is 12.5 Å². The molecule has 9 heteroatoms. The maximum atomic E-state index is 12.0. The molecule has 4 rings (SSSR count). The van der Waals surface area contributed by atoms with Gasteiger partial charge in [-0.2, -0.15) is 9.90 Å². The first kappa shape index (κ1) is 18.8. The Balaban J connectivity index is 1.28. The topological polar surface area (TPSA) is 97.5 Å². The second kappa shape index (κ2) is 9.07. The largest absolute Gasteiger partial charge is 0.378 e. The maximum absolute atomic E-state index is 12.0. The van der Waals surface area contributed by atoms with Crippen molar-refractivity contribution in [2.75, 3.05) is 31.2 Å². The Morgan fingerprint density at radius 2 is 1.86 bits per heavy atom. The predicted octanol–water partition coefficient (Wildman–Crippen LogP) is 1.33. The van der Waals surface area contributed by atoms with E-state index in [4.69, 9.17) is 4.74 Å². The first-order valence-corrected chi connectivity index (χ1v) is 9.36. The quantitative estimate of drug-likeness (QED) is 0.503. The molecular weight excluding hydrogens is 370 g/mol. The van der Waals surface area contributed by atoms with Crippen molar-refractivity contribution in [1.29, 1.82) is 0 Å². The second-order valence-corrected chi connectivity index (χ2v) is 6.49. The number of hydrogen-bond donors (Lipinski definition) is 1. The summed E-state index contributed by atoms with van der Waals surface area (Å²) < 4.78 is 5.37. The Hall–Kier alpha value is -3.59. The molecule has 1 aromatic heterocycles. The van der Waals surface area contributed by atoms with Gasteiger partial charge in [-0.25, -0.2) is 5.43 Å². The van der Waals surface area contributed by atoms with Gasteiger partial charge in [-0.1, -0.05) is 42.5 Å². The lowest BCUT2D eigenvalue weighted by Crippen LogP contribution is -2.36. The Labute approximate surface area is 168 Å². The summed E-state index contributed by atoms with van der Waals surface area (Å²) in [6.07, 6.45) is 1.60. The molecule has 3 aromatic rings. The number of carbonyl (C=O) groups excluding carboxylic acids is 1. The summed E-state index contributed by atoms with van der Waals surface area (Å²) >= 11 is 0. The average Bonchev–Trinajstić information content (AvgIpc) is 3.24. The summed E-state index contributed by atoms with van der Waals surface area (Å²) in [5.41, 5.74) is 5.38. The molecule has 1 amide bonds. The van der Waals surface area contributed by atoms with Crippen molar-refractivity contribution in [3.63, 3.8) is 0 Å². The van der Waals surface area contributed by atoms with Crippen LogP contribution in [-0.2, 0) is 16.1 Å². The summed E-state index contributed by atoms with van der Waals surface area (Å²) in [6.45, 7) is 3.23. The fourth-order valence-corrected chi connectivity index (χ4v) is 2.95. The first-order chi connectivity index (χ1) is 14.3. The molecule has 1 N–H and O–H groups in total. The standard InChI is InChI=1S/C20H21N7O2/c28-19(15-27-24-20(23-25-27)17-4-2-1-3-5-17)22-21-14-16-6-8-18(9-7-16)26-10-12-29-13-11-26/h1-9,14H,10-13,15H2,(H,22,28)/b21-14-. The van der Waals surface area contributed by atoms with Crippen molar-refractivity contribution < 1.29 is 9.53 Å². The minimum atomic E-state index is -0.330. The normalized spacial score (nSPS) is 14.3. The van der Waals surface area contributed by atoms with Crippen LogP contribution in [0.5, 0.6) is 0 Å². The van der Waals surface area contributed by atoms with Gasteiger partial charge in [-0.05, 0) is 22.9 Å². The summed E-state index contributed by atoms with van der Waals surface area (Å²) in [6, 6.07) is 17.5. The number of morpholine rings is 1. The third-order valence-corrected chi connectivity index (χ3v) is 4.44. The van der Waals surface area contributed by atoms with Crippen LogP contribution in [0.3, 0.4) is 0 Å². The van der Waals surface area contributed by atoms with E-state index < -0.39 is 0 Å². The number of hydrogen-bond acceptors (Lipinski definition) is 7. The van der Waals surface area contributed by atoms with E-state index in [0.717, 1.165) is 43.1 Å². The van der Waals surface area contributed by atoms with E-state index in [2.05, 4.69) is 30.8 Å². The van der Waals surface area contributed by atoms with E-state index in [1.165, 1.54) is 4.80 Å². The van der Waals surface area contributed by atoms with Gasteiger partial charge >= 0.3 is 0 Å². The van der Waals surface area contributed by atoms with Crippen LogP contribution < -0.4 is 10.3 Å². The highest BCUT2D eigenvalue weighted by Gasteiger charge is 2.11. The summed E-state index contributed by atoms with van der Waals surface area (Å²) in [4.78, 5) is 15.6. The van der Waals surface area contributed by atoms with E-state index in [9.17, 15) is 4.79 Å². The van der Waals surface area contributed by atoms with Gasteiger partial charge in [-0.15, -0.1) is 10.2 Å². The van der Waals surface area contributed by atoms with Crippen LogP contribution in [0.15, 0.2) is 59.7 Å². The molecule has 1 aliphatic heterocycles. The van der Waals surface area contributed by atoms with Crippen molar-refractivity contribution >= 4 is 17.8 Å². The van der Waals surface area contributed by atoms with E-state index in [0.29, 0.717) is 5.82 Å². The van der Waals surface area contributed by atoms with Crippen molar-refractivity contribution in [2.24, 2.45) is 5.10 Å². The third kappa shape index (κ3) is 5.02. The van der Waals surface area contributed by atoms with Crippen LogP contribution in [0.2, 0.25) is 0 Å². The molecule has 2 aromatic carbocycles. The van der Waals surface area contributed by atoms with E-state index in [1.807, 2.05) is 54.6 Å². The Kier molecular flexibility index (Phi) is 5.87. The van der Waals surface area contributed by atoms with Crippen molar-refractivity contribution in [2.45, 2.75) is 6.54 Å². The molecule has 1 fully saturated rings. The van der Waals surface area contributed by atoms with Crippen LogP contribution >= 0.6 is 0 Å². The molecule has 0 spiro atoms. The first-order valence-electron chi connectivity index (χ1n) is 9.36. The molecule has 0 bridgehead atoms. The molecule has 1 aliphatic rings. The number of benzene rings is 2. The number of amides is 1. The molecule has 0 radical (unpaired) electrons. The van der Waals surface area contributed by atoms with Crippen LogP contribution in [0.1, 0.15) is 5.56 Å². The summed E-state index contributed by atoms with van der Waals surface area (Å²) in [7, 11) is 0. The Morgan fingerprint density at radius 3 is 2.62 bits per heavy atom. The minimum Gasteiger partial charge on any atom is -0.378 e. The highest BCUT2D eigenvalue weighted by atomic mass is 16.5. The van der Waals surface area contributed by atoms with Gasteiger partial charge < -0.3 is 9.64 Å². The number of ether oxygens (including phenoxy) is 1. The molecule has 0 unspecified atom stereocenters. The zero-order valence-corrected chi connectivity index (χ0v) is 15.8. The lowest BCUT2D eigenvalue weighted by atomic mass is 10.2. The number of hydrazone groups is 1. The van der Waals surface area contributed by atoms with Gasteiger partial charge in [0.15, 0.2) is 0 Å². The molecule has 2 heterocycles. The van der Waals surface area contributed by atoms with Crippen LogP contribution in [-0.4, -0.2) is 58.6 Å². The number of tetrazole rings is 1. The summed E-state index contributed by atoms with van der Waals surface area (Å²) in [5, 5.41) is 16.1. The zero-order valence-electron chi connectivity index (χ0n) is 15.8. The zero-order chi connectivity index (χ0) is 19.9. The molecule has 0 saturated carbocycles. The fraction of sp³-hybridized carbons (Fsp3) is 0.250. The fourth-order valence-electron chi connectivity index (χ4n) is 2.95. The van der Waals surface area contributed by atoms with Gasteiger partial charge in [0.2, 0.25) is 5.82 Å². The van der Waals surface area contributed by atoms with Gasteiger partial charge in [0.05, 0.1) is 19.4 Å². The van der Waals surface area contributed by atoms with E-state index in [1.54, 1.807) is 6.21 Å². The predicted molar refractivity (Wildman–Crippen MR) is 108 cm³/mol. The highest BCUT2D eigenvalue weighted by molar-refractivity contribution is 5.82. The van der Waals surface area contributed by atoms with Gasteiger partial charge in [0.25, 0.3) is 5.91 Å². The van der Waals surface area contributed by atoms with Crippen LogP contribution in [0.4, 0.5) is 5.69 Å². The maximum Gasteiger partial charge on any atom is 0.263 e. The van der Waals surface area contributed by atoms with Crippen LogP contribution in [0, 0.1) is 0 Å². The number of aromatic nitrogens is 4. The molecule has 148 valence electrons. The molecule has 1 saturated heterocycles. The van der Waals surface area contributed by atoms with Crippen molar-refractivity contribution in [1.82, 2.24) is 25.6 Å². The van der Waals surface area contributed by atoms with Crippen molar-refractivity contribution in [3.8, 4) is 11.4 Å². The lowest BCUT2D eigenvalue weighted by Gasteiger charge is -2.28. The Bertz CT molecular complexity index is 964. The number of carbonyl (C=O) groups is 1. The average molecular weight is 391 g/mol. The van der Waals surface area contributed by atoms with Gasteiger partial charge in [-0.3, -0.25) is 4.79 Å². The SMILES string of the molecule is O=C(Cn1nnc(-c2ccccc2)n1)N/N=C\c1ccc(N2CCOCC2)cc1. The van der Waals surface area contributed by atoms with Gasteiger partial charge in [0, 0.05) is 24.3 Å². The molecule has 0 atom stereocenters. The molecule has 0 aliphatic carbocycles. The number of rotatable bonds is 6. The third-order valence-electron chi connectivity index (χ3n) is 4.44. The van der Waals surface area contributed by atoms with Crippen LogP contribution in [0.25, 0.3) is 11.4 Å². The molecule has 29 heavy (non-hydrogen) atoms. The lowest BCUT2D eigenvalue weighted by molar-refractivity contribution is -0.122. The number of nitrogens with one attached hydrogen (secondary N) is 1. The number of nitrogens with zero attached hydrogens (tertiary/aromatic N) is 6. The minimum absolute atomic E-state index is 0.0624. The summed E-state index contributed by atoms with van der Waals surface area (Å²) in [5.74, 6) is 0.144. The number of anilines is 1. The second-order valence-electron chi connectivity index (χ2n) is 6.49. The van der Waals surface area contributed by atoms with Crippen molar-refractivity contribution in [3.05, 3.63) is 60.2 Å². The molecular formula is C20H21N7O2. The smallest absolute Gasteiger partial charge is 0.263 e. The van der Waals surface area contributed by atoms with E-state index >= 15 is 0 Å². The molecule has 9 nitrogen and oxygen atoms in total. The monoisotopic (exact) mass is 391 g/mol. The highest BCUT2D eigenvalue weighted by Crippen LogP contribution is 2.16. The van der Waals surface area contributed by atoms with Gasteiger partial charge in [0.1, 0.15) is 6.54 Å².